The zero-order valence-corrected chi connectivity index (χ0v) is 20.7. The summed E-state index contributed by atoms with van der Waals surface area (Å²) < 4.78 is 33.6. The predicted molar refractivity (Wildman–Crippen MR) is 135 cm³/mol. The Bertz CT molecular complexity index is 1190. The smallest absolute Gasteiger partial charge is 0.287 e. The highest BCUT2D eigenvalue weighted by atomic mass is 19.3. The third-order valence-corrected chi connectivity index (χ3v) is 6.88. The van der Waals surface area contributed by atoms with Crippen LogP contribution in [0.5, 0.6) is 5.75 Å². The van der Waals surface area contributed by atoms with Crippen molar-refractivity contribution in [3.8, 4) is 5.75 Å². The molecule has 1 amide bonds. The first-order valence-electron chi connectivity index (χ1n) is 12.1. The number of anilines is 1. The lowest BCUT2D eigenvalue weighted by atomic mass is 9.95. The third kappa shape index (κ3) is 5.89. The Morgan fingerprint density at radius 3 is 2.54 bits per heavy atom. The average molecular weight is 482 g/mol. The molecular formula is C28H33F2N3O2. The average Bonchev–Trinajstić information content (AvgIpc) is 2.99. The van der Waals surface area contributed by atoms with Gasteiger partial charge < -0.3 is 15.4 Å². The molecular weight excluding hydrogens is 448 g/mol. The first-order valence-corrected chi connectivity index (χ1v) is 12.1. The van der Waals surface area contributed by atoms with Gasteiger partial charge in [-0.2, -0.15) is 8.78 Å². The number of nitrogens with one attached hydrogen (secondary N) is 2. The van der Waals surface area contributed by atoms with Crippen molar-refractivity contribution in [1.29, 1.82) is 0 Å². The van der Waals surface area contributed by atoms with Crippen molar-refractivity contribution in [1.82, 2.24) is 10.3 Å². The van der Waals surface area contributed by atoms with E-state index in [1.165, 1.54) is 6.07 Å². The Morgan fingerprint density at radius 2 is 1.86 bits per heavy atom. The number of methoxy groups -OCH3 is 1. The van der Waals surface area contributed by atoms with E-state index in [1.807, 2.05) is 19.1 Å². The summed E-state index contributed by atoms with van der Waals surface area (Å²) in [5.74, 6) is -2.16. The number of nitrogens with zero attached hydrogens (tertiary/aromatic N) is 1. The molecule has 1 aliphatic carbocycles. The number of halogens is 2. The zero-order valence-electron chi connectivity index (χ0n) is 20.7. The van der Waals surface area contributed by atoms with Gasteiger partial charge in [0.15, 0.2) is 0 Å². The maximum absolute atomic E-state index is 14.2. The van der Waals surface area contributed by atoms with E-state index in [4.69, 9.17) is 4.74 Å². The number of ether oxygens (including phenoxy) is 1. The van der Waals surface area contributed by atoms with E-state index < -0.39 is 5.92 Å². The summed E-state index contributed by atoms with van der Waals surface area (Å²) in [6.07, 6.45) is 3.58. The first kappa shape index (κ1) is 24.9. The molecule has 0 saturated heterocycles. The van der Waals surface area contributed by atoms with Crippen molar-refractivity contribution in [2.75, 3.05) is 12.4 Å². The number of aryl methyl sites for hydroxylation is 1. The summed E-state index contributed by atoms with van der Waals surface area (Å²) in [4.78, 5) is 17.2. The molecule has 1 aliphatic rings. The van der Waals surface area contributed by atoms with E-state index in [0.29, 0.717) is 34.9 Å². The van der Waals surface area contributed by atoms with Crippen molar-refractivity contribution < 1.29 is 18.3 Å². The maximum atomic E-state index is 14.2. The summed E-state index contributed by atoms with van der Waals surface area (Å²) in [7, 11) is 1.59. The van der Waals surface area contributed by atoms with E-state index in [9.17, 15) is 13.6 Å². The monoisotopic (exact) mass is 481 g/mol. The Morgan fingerprint density at radius 1 is 1.11 bits per heavy atom. The highest BCUT2D eigenvalue weighted by Gasteiger charge is 2.30. The molecule has 1 fully saturated rings. The van der Waals surface area contributed by atoms with E-state index >= 15 is 0 Å². The molecule has 1 saturated carbocycles. The minimum absolute atomic E-state index is 0.0329. The number of aromatic nitrogens is 1. The number of hydrogen-bond acceptors (Lipinski definition) is 4. The number of hydrogen-bond donors (Lipinski definition) is 2. The second-order valence-corrected chi connectivity index (χ2v) is 9.76. The molecule has 4 rings (SSSR count). The largest absolute Gasteiger partial charge is 0.497 e. The van der Waals surface area contributed by atoms with Gasteiger partial charge in [0.25, 0.3) is 11.8 Å². The van der Waals surface area contributed by atoms with Gasteiger partial charge >= 0.3 is 0 Å². The van der Waals surface area contributed by atoms with Gasteiger partial charge in [-0.3, -0.25) is 4.79 Å². The van der Waals surface area contributed by atoms with Gasteiger partial charge in [-0.1, -0.05) is 25.0 Å². The van der Waals surface area contributed by atoms with Gasteiger partial charge in [-0.15, -0.1) is 0 Å². The topological polar surface area (TPSA) is 63.2 Å². The highest BCUT2D eigenvalue weighted by Crippen LogP contribution is 2.34. The Kier molecular flexibility index (Phi) is 7.24. The van der Waals surface area contributed by atoms with Crippen LogP contribution in [0.2, 0.25) is 0 Å². The molecule has 2 aromatic carbocycles. The Hall–Kier alpha value is -3.22. The lowest BCUT2D eigenvalue weighted by Gasteiger charge is -2.27. The molecule has 7 heteroatoms. The van der Waals surface area contributed by atoms with Gasteiger partial charge in [-0.05, 0) is 74.6 Å². The fourth-order valence-electron chi connectivity index (χ4n) is 4.77. The molecule has 2 N–H and O–H groups in total. The van der Waals surface area contributed by atoms with Crippen LogP contribution >= 0.6 is 0 Å². The number of pyridine rings is 1. The molecule has 2 unspecified atom stereocenters. The molecule has 0 radical (unpaired) electrons. The van der Waals surface area contributed by atoms with E-state index in [2.05, 4.69) is 22.5 Å². The van der Waals surface area contributed by atoms with Crippen LogP contribution in [0.1, 0.15) is 61.1 Å². The minimum atomic E-state index is -3.04. The summed E-state index contributed by atoms with van der Waals surface area (Å²) in [5.41, 5.74) is 2.58. The van der Waals surface area contributed by atoms with Gasteiger partial charge in [-0.25, -0.2) is 4.98 Å². The predicted octanol–water partition coefficient (Wildman–Crippen LogP) is 6.45. The van der Waals surface area contributed by atoms with Crippen molar-refractivity contribution in [3.63, 3.8) is 0 Å². The molecule has 0 spiro atoms. The standard InChI is InChI=1S/C28H33F2N3O2/c1-17-8-13-23-22(14-17)25(16-26(32-23)28(3,29)30)31-20-7-5-6-18(2)24(15-20)33-27(34)19-9-11-21(35-4)12-10-19/h8-14,16,18,20,24H,5-7,15H2,1-4H3,(H,31,32)(H,33,34)/t18?,20-,24?/m0/s1. The summed E-state index contributed by atoms with van der Waals surface area (Å²) in [5, 5.41) is 7.58. The molecule has 0 aliphatic heterocycles. The van der Waals surface area contributed by atoms with Crippen molar-refractivity contribution in [2.24, 2.45) is 5.92 Å². The fourth-order valence-corrected chi connectivity index (χ4v) is 4.77. The first-order chi connectivity index (χ1) is 16.6. The molecule has 0 bridgehead atoms. The summed E-state index contributed by atoms with van der Waals surface area (Å²) in [6, 6.07) is 14.2. The van der Waals surface area contributed by atoms with Crippen LogP contribution < -0.4 is 15.4 Å². The second-order valence-electron chi connectivity index (χ2n) is 9.76. The van der Waals surface area contributed by atoms with Crippen molar-refractivity contribution in [2.45, 2.75) is 64.5 Å². The van der Waals surface area contributed by atoms with Crippen LogP contribution in [0.25, 0.3) is 10.9 Å². The van der Waals surface area contributed by atoms with Crippen LogP contribution in [-0.4, -0.2) is 30.1 Å². The van der Waals surface area contributed by atoms with E-state index in [-0.39, 0.29) is 23.7 Å². The van der Waals surface area contributed by atoms with Crippen molar-refractivity contribution >= 4 is 22.5 Å². The Balaban J connectivity index is 1.57. The minimum Gasteiger partial charge on any atom is -0.497 e. The van der Waals surface area contributed by atoms with Crippen molar-refractivity contribution in [3.05, 3.63) is 65.4 Å². The quantitative estimate of drug-likeness (QED) is 0.397. The number of alkyl halides is 2. The third-order valence-electron chi connectivity index (χ3n) is 6.88. The number of carbonyl (C=O) groups excluding carboxylic acids is 1. The number of amides is 1. The van der Waals surface area contributed by atoms with Crippen LogP contribution in [0.15, 0.2) is 48.5 Å². The van der Waals surface area contributed by atoms with Crippen LogP contribution in [0, 0.1) is 12.8 Å². The molecule has 35 heavy (non-hydrogen) atoms. The van der Waals surface area contributed by atoms with Gasteiger partial charge in [0.1, 0.15) is 11.4 Å². The zero-order chi connectivity index (χ0) is 25.2. The molecule has 3 atom stereocenters. The van der Waals surface area contributed by atoms with E-state index in [1.54, 1.807) is 37.4 Å². The number of carbonyl (C=O) groups is 1. The van der Waals surface area contributed by atoms with Gasteiger partial charge in [0.05, 0.1) is 12.6 Å². The number of fused-ring (bicyclic) bond motifs is 1. The molecule has 1 heterocycles. The molecule has 186 valence electrons. The van der Waals surface area contributed by atoms with E-state index in [0.717, 1.165) is 37.1 Å². The van der Waals surface area contributed by atoms with Crippen LogP contribution in [-0.2, 0) is 5.92 Å². The molecule has 3 aromatic rings. The molecule has 1 aromatic heterocycles. The van der Waals surface area contributed by atoms with Gasteiger partial charge in [0, 0.05) is 35.6 Å². The number of benzene rings is 2. The summed E-state index contributed by atoms with van der Waals surface area (Å²) in [6.45, 7) is 5.00. The lowest BCUT2D eigenvalue weighted by molar-refractivity contribution is 0.0131. The number of rotatable bonds is 6. The summed E-state index contributed by atoms with van der Waals surface area (Å²) >= 11 is 0. The Labute approximate surface area is 205 Å². The maximum Gasteiger partial charge on any atom is 0.287 e. The SMILES string of the molecule is COc1ccc(C(=O)NC2C[C@@H](Nc3cc(C(C)(F)F)nc4ccc(C)cc34)CCCC2C)cc1. The second kappa shape index (κ2) is 10.2. The van der Waals surface area contributed by atoms with Crippen LogP contribution in [0.4, 0.5) is 14.5 Å². The molecule has 5 nitrogen and oxygen atoms in total. The fraction of sp³-hybridized carbons (Fsp3) is 0.429. The highest BCUT2D eigenvalue weighted by molar-refractivity contribution is 5.94. The van der Waals surface area contributed by atoms with Gasteiger partial charge in [0.2, 0.25) is 0 Å². The normalized spacial score (nSPS) is 20.8. The van der Waals surface area contributed by atoms with Crippen LogP contribution in [0.3, 0.4) is 0 Å². The lowest BCUT2D eigenvalue weighted by Crippen LogP contribution is -2.41.